The summed E-state index contributed by atoms with van der Waals surface area (Å²) >= 11 is 0. The Kier molecular flexibility index (Phi) is 6.10. The summed E-state index contributed by atoms with van der Waals surface area (Å²) in [6.07, 6.45) is 10.4. The number of rotatable bonds is 4. The number of carbonyl (C=O) groups excluding carboxylic acids is 1. The van der Waals surface area contributed by atoms with Gasteiger partial charge in [0.2, 0.25) is 0 Å². The van der Waals surface area contributed by atoms with Crippen molar-refractivity contribution in [3.05, 3.63) is 11.6 Å². The van der Waals surface area contributed by atoms with E-state index < -0.39 is 5.60 Å². The third-order valence-electron chi connectivity index (χ3n) is 12.1. The van der Waals surface area contributed by atoms with Crippen molar-refractivity contribution >= 4 is 5.78 Å². The molecule has 3 nitrogen and oxygen atoms in total. The van der Waals surface area contributed by atoms with Crippen LogP contribution >= 0.6 is 0 Å². The number of aliphatic hydroxyl groups is 2. The van der Waals surface area contributed by atoms with E-state index in [0.717, 1.165) is 51.4 Å². The predicted octanol–water partition coefficient (Wildman–Crippen LogP) is 6.71. The first kappa shape index (κ1) is 25.4. The molecule has 0 saturated heterocycles. The second kappa shape index (κ2) is 7.92. The number of aliphatic hydroxyl groups excluding tert-OH is 1. The molecule has 2 N–H and O–H groups in total. The molecule has 4 aliphatic carbocycles. The molecule has 9 atom stereocenters. The van der Waals surface area contributed by atoms with Gasteiger partial charge in [-0.15, -0.1) is 0 Å². The summed E-state index contributed by atoms with van der Waals surface area (Å²) in [5.74, 6) is 1.57. The highest BCUT2D eigenvalue weighted by Gasteiger charge is 2.71. The fourth-order valence-corrected chi connectivity index (χ4v) is 10.1. The van der Waals surface area contributed by atoms with Gasteiger partial charge in [-0.05, 0) is 112 Å². The molecule has 0 bridgehead atoms. The summed E-state index contributed by atoms with van der Waals surface area (Å²) in [5, 5.41) is 23.4. The van der Waals surface area contributed by atoms with E-state index in [-0.39, 0.29) is 39.6 Å². The molecule has 0 aromatic heterocycles. The van der Waals surface area contributed by atoms with E-state index >= 15 is 0 Å². The summed E-state index contributed by atoms with van der Waals surface area (Å²) in [7, 11) is 0. The van der Waals surface area contributed by atoms with Crippen LogP contribution in [0.25, 0.3) is 0 Å². The number of hydrogen-bond donors (Lipinski definition) is 2. The van der Waals surface area contributed by atoms with E-state index in [0.29, 0.717) is 24.0 Å². The molecular formula is C30H50O3. The molecule has 4 rings (SSSR count). The lowest BCUT2D eigenvalue weighted by Gasteiger charge is -2.69. The smallest absolute Gasteiger partial charge is 0.138 e. The standard InChI is InChI=1S/C30H50O3/c1-19(2)10-9-14-30(8,33)20-11-16-29(7)25(20)21(31)18-23-27(5)15-13-24(32)26(3,4)22(27)12-17-28(23,29)6/h10,20-23,25,31,33H,9,11-18H2,1-8H3/t20-,21+,22?,23+,25-,27-,28+,29-,30-/m0/s1. The van der Waals surface area contributed by atoms with Gasteiger partial charge in [-0.2, -0.15) is 0 Å². The Hall–Kier alpha value is -0.670. The zero-order valence-corrected chi connectivity index (χ0v) is 22.6. The Balaban J connectivity index is 1.67. The lowest BCUT2D eigenvalue weighted by Crippen LogP contribution is -2.66. The van der Waals surface area contributed by atoms with Crippen LogP contribution < -0.4 is 0 Å². The van der Waals surface area contributed by atoms with Gasteiger partial charge in [0, 0.05) is 11.8 Å². The maximum absolute atomic E-state index is 12.9. The van der Waals surface area contributed by atoms with Gasteiger partial charge in [0.15, 0.2) is 0 Å². The molecular weight excluding hydrogens is 408 g/mol. The van der Waals surface area contributed by atoms with Gasteiger partial charge in [0.05, 0.1) is 11.7 Å². The lowest BCUT2D eigenvalue weighted by molar-refractivity contribution is -0.232. The fraction of sp³-hybridized carbons (Fsp3) is 0.900. The van der Waals surface area contributed by atoms with Gasteiger partial charge in [-0.3, -0.25) is 4.79 Å². The SMILES string of the molecule is CC(C)=CCC[C@](C)(O)[C@H]1CC[C@@]2(C)[C@@H]1[C@H](O)C[C@@H]1[C@@]3(C)CCC(=O)C(C)(C)C3CC[C@]12C. The first-order valence-electron chi connectivity index (χ1n) is 13.7. The third-order valence-corrected chi connectivity index (χ3v) is 12.1. The highest BCUT2D eigenvalue weighted by molar-refractivity contribution is 5.85. The maximum Gasteiger partial charge on any atom is 0.138 e. The lowest BCUT2D eigenvalue weighted by atomic mass is 9.35. The van der Waals surface area contributed by atoms with Crippen LogP contribution in [0.2, 0.25) is 0 Å². The van der Waals surface area contributed by atoms with Crippen LogP contribution in [-0.4, -0.2) is 27.7 Å². The second-order valence-electron chi connectivity index (χ2n) is 14.3. The van der Waals surface area contributed by atoms with Gasteiger partial charge in [-0.25, -0.2) is 0 Å². The number of hydrogen-bond acceptors (Lipinski definition) is 3. The Morgan fingerprint density at radius 2 is 1.67 bits per heavy atom. The molecule has 0 aliphatic heterocycles. The topological polar surface area (TPSA) is 57.5 Å². The molecule has 3 heteroatoms. The van der Waals surface area contributed by atoms with Gasteiger partial charge in [0.25, 0.3) is 0 Å². The van der Waals surface area contributed by atoms with Crippen LogP contribution in [0.15, 0.2) is 11.6 Å². The summed E-state index contributed by atoms with van der Waals surface area (Å²) in [6, 6.07) is 0. The number of ketones is 1. The van der Waals surface area contributed by atoms with Gasteiger partial charge in [0.1, 0.15) is 5.78 Å². The quantitative estimate of drug-likeness (QED) is 0.460. The molecule has 0 heterocycles. The van der Waals surface area contributed by atoms with Crippen molar-refractivity contribution in [1.29, 1.82) is 0 Å². The zero-order valence-electron chi connectivity index (χ0n) is 22.6. The summed E-state index contributed by atoms with van der Waals surface area (Å²) in [4.78, 5) is 12.9. The molecule has 1 unspecified atom stereocenters. The highest BCUT2D eigenvalue weighted by atomic mass is 16.3. The van der Waals surface area contributed by atoms with Crippen molar-refractivity contribution in [2.45, 2.75) is 125 Å². The van der Waals surface area contributed by atoms with Crippen LogP contribution in [0, 0.1) is 45.3 Å². The van der Waals surface area contributed by atoms with Crippen molar-refractivity contribution in [3.8, 4) is 0 Å². The molecule has 0 aromatic carbocycles. The van der Waals surface area contributed by atoms with Crippen LogP contribution in [-0.2, 0) is 4.79 Å². The summed E-state index contributed by atoms with van der Waals surface area (Å²) in [5.41, 5.74) is 0.560. The van der Waals surface area contributed by atoms with Crippen LogP contribution in [0.1, 0.15) is 113 Å². The minimum Gasteiger partial charge on any atom is -0.393 e. The zero-order chi connectivity index (χ0) is 24.6. The Bertz CT molecular complexity index is 820. The minimum absolute atomic E-state index is 0.0279. The van der Waals surface area contributed by atoms with Crippen LogP contribution in [0.5, 0.6) is 0 Å². The molecule has 188 valence electrons. The molecule has 33 heavy (non-hydrogen) atoms. The van der Waals surface area contributed by atoms with E-state index in [1.807, 2.05) is 6.92 Å². The molecule has 0 aromatic rings. The minimum atomic E-state index is -0.751. The second-order valence-corrected chi connectivity index (χ2v) is 14.3. The molecule has 4 fully saturated rings. The summed E-state index contributed by atoms with van der Waals surface area (Å²) in [6.45, 7) is 18.0. The monoisotopic (exact) mass is 458 g/mol. The first-order valence-corrected chi connectivity index (χ1v) is 13.7. The molecule has 0 radical (unpaired) electrons. The Morgan fingerprint density at radius 1 is 1.03 bits per heavy atom. The van der Waals surface area contributed by atoms with E-state index in [2.05, 4.69) is 54.5 Å². The highest BCUT2D eigenvalue weighted by Crippen LogP contribution is 2.75. The van der Waals surface area contributed by atoms with Crippen molar-refractivity contribution in [3.63, 3.8) is 0 Å². The largest absolute Gasteiger partial charge is 0.393 e. The molecule has 0 spiro atoms. The first-order chi connectivity index (χ1) is 15.1. The Morgan fingerprint density at radius 3 is 2.30 bits per heavy atom. The third kappa shape index (κ3) is 3.53. The van der Waals surface area contributed by atoms with Crippen molar-refractivity contribution < 1.29 is 15.0 Å². The van der Waals surface area contributed by atoms with Gasteiger partial charge >= 0.3 is 0 Å². The van der Waals surface area contributed by atoms with Gasteiger partial charge in [-0.1, -0.05) is 46.3 Å². The van der Waals surface area contributed by atoms with E-state index in [1.165, 1.54) is 5.57 Å². The normalized spacial score (nSPS) is 48.3. The summed E-state index contributed by atoms with van der Waals surface area (Å²) < 4.78 is 0. The number of fused-ring (bicyclic) bond motifs is 5. The van der Waals surface area contributed by atoms with Crippen LogP contribution in [0.4, 0.5) is 0 Å². The van der Waals surface area contributed by atoms with Gasteiger partial charge < -0.3 is 10.2 Å². The van der Waals surface area contributed by atoms with E-state index in [4.69, 9.17) is 0 Å². The fourth-order valence-electron chi connectivity index (χ4n) is 10.1. The molecule has 4 saturated carbocycles. The molecule has 4 aliphatic rings. The van der Waals surface area contributed by atoms with Crippen molar-refractivity contribution in [2.75, 3.05) is 0 Å². The van der Waals surface area contributed by atoms with Crippen molar-refractivity contribution in [1.82, 2.24) is 0 Å². The maximum atomic E-state index is 12.9. The van der Waals surface area contributed by atoms with Crippen molar-refractivity contribution in [2.24, 2.45) is 45.3 Å². The number of carbonyl (C=O) groups is 1. The number of allylic oxidation sites excluding steroid dienone is 2. The average Bonchev–Trinajstić information content (AvgIpc) is 3.08. The number of Topliss-reactive ketones (excluding diaryl/α,β-unsaturated/α-hetero) is 1. The van der Waals surface area contributed by atoms with E-state index in [9.17, 15) is 15.0 Å². The van der Waals surface area contributed by atoms with Crippen LogP contribution in [0.3, 0.4) is 0 Å². The molecule has 0 amide bonds. The predicted molar refractivity (Wildman–Crippen MR) is 135 cm³/mol. The Labute approximate surface area is 202 Å². The van der Waals surface area contributed by atoms with E-state index in [1.54, 1.807) is 0 Å². The average molecular weight is 459 g/mol.